The minimum Gasteiger partial charge on any atom is -0.479 e. The number of aliphatic carboxylic acids is 1. The molecule has 0 aromatic heterocycles. The molecule has 5 nitrogen and oxygen atoms in total. The van der Waals surface area contributed by atoms with Crippen LogP contribution in [0, 0.1) is 11.8 Å². The van der Waals surface area contributed by atoms with E-state index in [1.807, 2.05) is 48.5 Å². The molecule has 1 fully saturated rings. The summed E-state index contributed by atoms with van der Waals surface area (Å²) in [7, 11) is 0. The summed E-state index contributed by atoms with van der Waals surface area (Å²) in [6.07, 6.45) is 7.19. The number of carboxylic acid groups (broad SMARTS) is 1. The summed E-state index contributed by atoms with van der Waals surface area (Å²) in [5.41, 5.74) is 0.751. The van der Waals surface area contributed by atoms with Gasteiger partial charge in [0.2, 0.25) is 0 Å². The van der Waals surface area contributed by atoms with Gasteiger partial charge in [-0.1, -0.05) is 42.3 Å². The molecule has 7 heteroatoms. The van der Waals surface area contributed by atoms with Crippen molar-refractivity contribution in [3.05, 3.63) is 64.1 Å². The number of halogens is 2. The van der Waals surface area contributed by atoms with Gasteiger partial charge in [-0.15, -0.1) is 0 Å². The third-order valence-electron chi connectivity index (χ3n) is 8.07. The van der Waals surface area contributed by atoms with Crippen molar-refractivity contribution >= 4 is 41.2 Å². The summed E-state index contributed by atoms with van der Waals surface area (Å²) in [5.74, 6) is -0.0870. The number of hydrogen-bond acceptors (Lipinski definition) is 4. The van der Waals surface area contributed by atoms with Crippen LogP contribution in [0.2, 0.25) is 10.0 Å². The van der Waals surface area contributed by atoms with Crippen molar-refractivity contribution in [2.45, 2.75) is 76.4 Å². The Morgan fingerprint density at radius 2 is 1.64 bits per heavy atom. The zero-order valence-electron chi connectivity index (χ0n) is 21.4. The lowest BCUT2D eigenvalue weighted by atomic mass is 9.67. The van der Waals surface area contributed by atoms with Gasteiger partial charge in [0, 0.05) is 34.2 Å². The molecule has 1 heterocycles. The Balaban J connectivity index is 1.51. The molecule has 0 radical (unpaired) electrons. The molecule has 4 rings (SSSR count). The minimum absolute atomic E-state index is 0.0821. The quantitative estimate of drug-likeness (QED) is 0.361. The van der Waals surface area contributed by atoms with E-state index in [1.165, 1.54) is 0 Å². The molecular formula is C29H37Cl2N3O2. The minimum atomic E-state index is -1.18. The van der Waals surface area contributed by atoms with Crippen molar-refractivity contribution in [2.75, 3.05) is 11.9 Å². The Morgan fingerprint density at radius 3 is 2.19 bits per heavy atom. The molecule has 2 unspecified atom stereocenters. The second-order valence-electron chi connectivity index (χ2n) is 10.9. The van der Waals surface area contributed by atoms with Crippen LogP contribution in [-0.4, -0.2) is 46.0 Å². The van der Waals surface area contributed by atoms with Gasteiger partial charge in [-0.05, 0) is 99.7 Å². The Bertz CT molecular complexity index is 1060. The van der Waals surface area contributed by atoms with Gasteiger partial charge >= 0.3 is 5.97 Å². The molecule has 194 valence electrons. The molecular weight excluding hydrogens is 493 g/mol. The normalized spacial score (nSPS) is 26.2. The highest BCUT2D eigenvalue weighted by molar-refractivity contribution is 6.30. The van der Waals surface area contributed by atoms with Crippen LogP contribution in [0.3, 0.4) is 0 Å². The summed E-state index contributed by atoms with van der Waals surface area (Å²) < 4.78 is 0. The largest absolute Gasteiger partial charge is 0.479 e. The lowest BCUT2D eigenvalue weighted by molar-refractivity contribution is -0.145. The van der Waals surface area contributed by atoms with Crippen LogP contribution >= 0.6 is 23.2 Å². The molecule has 0 spiro atoms. The van der Waals surface area contributed by atoms with Gasteiger partial charge in [-0.2, -0.15) is 0 Å². The predicted molar refractivity (Wildman–Crippen MR) is 149 cm³/mol. The molecule has 1 aliphatic carbocycles. The molecule has 2 N–H and O–H groups in total. The maximum absolute atomic E-state index is 12.9. The number of nitrogens with zero attached hydrogens (tertiary/aromatic N) is 2. The maximum atomic E-state index is 12.9. The van der Waals surface area contributed by atoms with Crippen LogP contribution in [0.1, 0.15) is 58.4 Å². The van der Waals surface area contributed by atoms with Gasteiger partial charge in [-0.25, -0.2) is 4.79 Å². The standard InChI is InChI=1S/C29H37Cl2N3O2/c1-4-17-34-19-32-29(27(35)36,18-20-5-11-23(30)12-6-20)26(34)21-7-9-22(10-8-21)28(2,3)33-25-15-13-24(31)14-16-25/h5-6,11-16,19,21-22,26,33H,4,7-10,17-18H2,1-3H3,(H,35,36). The van der Waals surface area contributed by atoms with E-state index in [1.54, 1.807) is 6.34 Å². The van der Waals surface area contributed by atoms with Crippen molar-refractivity contribution in [2.24, 2.45) is 16.8 Å². The summed E-state index contributed by atoms with van der Waals surface area (Å²) in [6, 6.07) is 15.2. The van der Waals surface area contributed by atoms with E-state index < -0.39 is 11.5 Å². The van der Waals surface area contributed by atoms with Gasteiger partial charge in [0.25, 0.3) is 0 Å². The summed E-state index contributed by atoms with van der Waals surface area (Å²) in [6.45, 7) is 7.47. The van der Waals surface area contributed by atoms with Crippen LogP contribution in [0.4, 0.5) is 5.69 Å². The first-order valence-corrected chi connectivity index (χ1v) is 13.7. The number of anilines is 1. The smallest absolute Gasteiger partial charge is 0.334 e. The van der Waals surface area contributed by atoms with Crippen molar-refractivity contribution in [3.63, 3.8) is 0 Å². The van der Waals surface area contributed by atoms with E-state index >= 15 is 0 Å². The molecule has 0 saturated heterocycles. The van der Waals surface area contributed by atoms with Crippen molar-refractivity contribution in [1.29, 1.82) is 0 Å². The fourth-order valence-corrected chi connectivity index (χ4v) is 6.45. The lowest BCUT2D eigenvalue weighted by Crippen LogP contribution is -2.57. The summed E-state index contributed by atoms with van der Waals surface area (Å²) in [5, 5.41) is 15.6. The van der Waals surface area contributed by atoms with Crippen LogP contribution in [0.5, 0.6) is 0 Å². The number of aliphatic imine (C=N–C) groups is 1. The maximum Gasteiger partial charge on any atom is 0.334 e. The van der Waals surface area contributed by atoms with Crippen molar-refractivity contribution in [3.8, 4) is 0 Å². The molecule has 0 amide bonds. The number of hydrogen-bond donors (Lipinski definition) is 2. The average molecular weight is 531 g/mol. The Labute approximate surface area is 224 Å². The van der Waals surface area contributed by atoms with Gasteiger partial charge in [0.15, 0.2) is 5.54 Å². The molecule has 1 saturated carbocycles. The first-order valence-electron chi connectivity index (χ1n) is 13.0. The molecule has 2 aliphatic rings. The average Bonchev–Trinajstić information content (AvgIpc) is 3.21. The van der Waals surface area contributed by atoms with E-state index in [0.717, 1.165) is 54.9 Å². The first-order chi connectivity index (χ1) is 17.1. The molecule has 2 aromatic carbocycles. The lowest BCUT2D eigenvalue weighted by Gasteiger charge is -2.45. The van der Waals surface area contributed by atoms with Crippen LogP contribution in [0.25, 0.3) is 0 Å². The second kappa shape index (κ2) is 11.0. The molecule has 36 heavy (non-hydrogen) atoms. The SMILES string of the molecule is CCCN1C=NC(Cc2ccc(Cl)cc2)(C(=O)O)C1C1CCC(C(C)(C)Nc2ccc(Cl)cc2)CC1. The van der Waals surface area contributed by atoms with Crippen molar-refractivity contribution < 1.29 is 9.90 Å². The molecule has 0 bridgehead atoms. The Hall–Kier alpha value is -2.24. The number of rotatable bonds is 9. The predicted octanol–water partition coefficient (Wildman–Crippen LogP) is 7.18. The van der Waals surface area contributed by atoms with Gasteiger partial charge in [0.1, 0.15) is 0 Å². The zero-order chi connectivity index (χ0) is 25.9. The van der Waals surface area contributed by atoms with Gasteiger partial charge < -0.3 is 15.3 Å². The molecule has 1 aliphatic heterocycles. The van der Waals surface area contributed by atoms with E-state index in [2.05, 4.69) is 31.0 Å². The number of carboxylic acids is 1. The Kier molecular flexibility index (Phi) is 8.21. The summed E-state index contributed by atoms with van der Waals surface area (Å²) >= 11 is 12.1. The number of benzene rings is 2. The molecule has 2 aromatic rings. The van der Waals surface area contributed by atoms with Crippen LogP contribution < -0.4 is 5.32 Å². The number of carbonyl (C=O) groups is 1. The summed E-state index contributed by atoms with van der Waals surface area (Å²) in [4.78, 5) is 19.8. The van der Waals surface area contributed by atoms with Crippen LogP contribution in [0.15, 0.2) is 53.5 Å². The topological polar surface area (TPSA) is 64.9 Å². The van der Waals surface area contributed by atoms with Gasteiger partial charge in [0.05, 0.1) is 12.4 Å². The zero-order valence-corrected chi connectivity index (χ0v) is 22.9. The van der Waals surface area contributed by atoms with Crippen molar-refractivity contribution in [1.82, 2.24) is 4.90 Å². The highest BCUT2D eigenvalue weighted by atomic mass is 35.5. The third-order valence-corrected chi connectivity index (χ3v) is 8.58. The van der Waals surface area contributed by atoms with Gasteiger partial charge in [-0.3, -0.25) is 4.99 Å². The van der Waals surface area contributed by atoms with E-state index in [9.17, 15) is 9.90 Å². The van der Waals surface area contributed by atoms with E-state index in [4.69, 9.17) is 28.2 Å². The third kappa shape index (κ3) is 5.68. The second-order valence-corrected chi connectivity index (χ2v) is 11.8. The fraction of sp³-hybridized carbons (Fsp3) is 0.517. The highest BCUT2D eigenvalue weighted by Crippen LogP contribution is 2.44. The monoisotopic (exact) mass is 529 g/mol. The Morgan fingerprint density at radius 1 is 1.06 bits per heavy atom. The molecule has 2 atom stereocenters. The van der Waals surface area contributed by atoms with Crippen LogP contribution in [-0.2, 0) is 11.2 Å². The van der Waals surface area contributed by atoms with E-state index in [-0.39, 0.29) is 17.5 Å². The first kappa shape index (κ1) is 26.8. The highest BCUT2D eigenvalue weighted by Gasteiger charge is 2.55. The van der Waals surface area contributed by atoms with E-state index in [0.29, 0.717) is 17.4 Å². The fourth-order valence-electron chi connectivity index (χ4n) is 6.20. The number of nitrogens with one attached hydrogen (secondary N) is 1.